The molecular weight excluding hydrogens is 260 g/mol. The number of nitrogens with zero attached hydrogens (tertiary/aromatic N) is 1. The van der Waals surface area contributed by atoms with E-state index in [1.54, 1.807) is 0 Å². The molecule has 2 fully saturated rings. The minimum atomic E-state index is -0.00125. The predicted molar refractivity (Wildman–Crippen MR) is 84.8 cm³/mol. The highest BCUT2D eigenvalue weighted by Gasteiger charge is 2.49. The van der Waals surface area contributed by atoms with Gasteiger partial charge < -0.3 is 4.90 Å². The molecular formula is C18H26N2O. The van der Waals surface area contributed by atoms with Crippen molar-refractivity contribution in [2.45, 2.75) is 64.7 Å². The molecule has 1 aromatic carbocycles. The number of hydrogen-bond acceptors (Lipinski definition) is 2. The highest BCUT2D eigenvalue weighted by molar-refractivity contribution is 5.85. The lowest BCUT2D eigenvalue weighted by Crippen LogP contribution is -2.33. The van der Waals surface area contributed by atoms with Crippen LogP contribution >= 0.6 is 0 Å². The van der Waals surface area contributed by atoms with Gasteiger partial charge in [0, 0.05) is 6.04 Å². The fourth-order valence-electron chi connectivity index (χ4n) is 3.38. The Balaban J connectivity index is 1.85. The Morgan fingerprint density at radius 3 is 2.43 bits per heavy atom. The molecule has 1 aromatic rings. The summed E-state index contributed by atoms with van der Waals surface area (Å²) in [5.74, 6) is 0.948. The maximum Gasteiger partial charge on any atom is 0.241 e. The lowest BCUT2D eigenvalue weighted by Gasteiger charge is -2.25. The van der Waals surface area contributed by atoms with Crippen molar-refractivity contribution in [3.05, 3.63) is 35.4 Å². The number of carbonyl (C=O) groups excluding carboxylic acids is 1. The highest BCUT2D eigenvalue weighted by atomic mass is 16.2. The average molecular weight is 286 g/mol. The van der Waals surface area contributed by atoms with Gasteiger partial charge in [-0.05, 0) is 36.3 Å². The third-order valence-corrected chi connectivity index (χ3v) is 4.90. The summed E-state index contributed by atoms with van der Waals surface area (Å²) in [6.07, 6.45) is 4.24. The summed E-state index contributed by atoms with van der Waals surface area (Å²) in [6, 6.07) is 9.16. The second-order valence-corrected chi connectivity index (χ2v) is 6.53. The van der Waals surface area contributed by atoms with Crippen molar-refractivity contribution in [1.29, 1.82) is 0 Å². The standard InChI is InChI=1S/C18H26N2O/c1-4-6-15-18(21)20(16-11-12(16)3)17(19-15)14-9-7-13(5-2)8-10-14/h7-10,12,15-17,19H,4-6,11H2,1-3H3. The molecule has 1 saturated heterocycles. The molecule has 1 aliphatic heterocycles. The maximum atomic E-state index is 12.7. The van der Waals surface area contributed by atoms with Gasteiger partial charge in [0.1, 0.15) is 6.17 Å². The van der Waals surface area contributed by atoms with Gasteiger partial charge in [0.2, 0.25) is 5.91 Å². The van der Waals surface area contributed by atoms with Gasteiger partial charge >= 0.3 is 0 Å². The number of hydrogen-bond donors (Lipinski definition) is 1. The fraction of sp³-hybridized carbons (Fsp3) is 0.611. The van der Waals surface area contributed by atoms with Gasteiger partial charge in [-0.2, -0.15) is 0 Å². The summed E-state index contributed by atoms with van der Waals surface area (Å²) in [6.45, 7) is 6.55. The zero-order valence-electron chi connectivity index (χ0n) is 13.3. The molecule has 114 valence electrons. The van der Waals surface area contributed by atoms with Crippen LogP contribution in [0.3, 0.4) is 0 Å². The second kappa shape index (κ2) is 5.80. The fourth-order valence-corrected chi connectivity index (χ4v) is 3.38. The van der Waals surface area contributed by atoms with Gasteiger partial charge in [0.05, 0.1) is 6.04 Å². The zero-order valence-corrected chi connectivity index (χ0v) is 13.3. The Morgan fingerprint density at radius 1 is 1.24 bits per heavy atom. The van der Waals surface area contributed by atoms with E-state index in [1.807, 2.05) is 0 Å². The van der Waals surface area contributed by atoms with Gasteiger partial charge in [-0.3, -0.25) is 10.1 Å². The van der Waals surface area contributed by atoms with Crippen molar-refractivity contribution >= 4 is 5.91 Å². The quantitative estimate of drug-likeness (QED) is 0.901. The number of carbonyl (C=O) groups is 1. The molecule has 3 nitrogen and oxygen atoms in total. The van der Waals surface area contributed by atoms with Crippen molar-refractivity contribution < 1.29 is 4.79 Å². The summed E-state index contributed by atoms with van der Waals surface area (Å²) in [5.41, 5.74) is 2.57. The number of rotatable bonds is 5. The van der Waals surface area contributed by atoms with Crippen LogP contribution in [-0.2, 0) is 11.2 Å². The van der Waals surface area contributed by atoms with Crippen molar-refractivity contribution in [2.24, 2.45) is 5.92 Å². The summed E-state index contributed by atoms with van der Waals surface area (Å²) < 4.78 is 0. The SMILES string of the molecule is CCCC1NC(c2ccc(CC)cc2)N(C2CC2C)C1=O. The van der Waals surface area contributed by atoms with Crippen LogP contribution in [0.1, 0.15) is 57.3 Å². The van der Waals surface area contributed by atoms with Crippen LogP contribution in [0.2, 0.25) is 0 Å². The molecule has 1 heterocycles. The first-order valence-corrected chi connectivity index (χ1v) is 8.32. The third kappa shape index (κ3) is 2.71. The Kier molecular flexibility index (Phi) is 4.03. The minimum Gasteiger partial charge on any atom is -0.318 e. The molecule has 3 rings (SSSR count). The first-order chi connectivity index (χ1) is 10.2. The number of benzene rings is 1. The lowest BCUT2D eigenvalue weighted by molar-refractivity contribution is -0.131. The number of nitrogens with one attached hydrogen (secondary N) is 1. The second-order valence-electron chi connectivity index (χ2n) is 6.53. The predicted octanol–water partition coefficient (Wildman–Crippen LogP) is 3.26. The normalized spacial score (nSPS) is 31.8. The summed E-state index contributed by atoms with van der Waals surface area (Å²) in [5, 5.41) is 3.56. The molecule has 0 aromatic heterocycles. The molecule has 4 atom stereocenters. The van der Waals surface area contributed by atoms with E-state index in [4.69, 9.17) is 0 Å². The van der Waals surface area contributed by atoms with Crippen LogP contribution in [0.5, 0.6) is 0 Å². The Hall–Kier alpha value is -1.35. The van der Waals surface area contributed by atoms with Gasteiger partial charge in [0.25, 0.3) is 0 Å². The molecule has 1 N–H and O–H groups in total. The minimum absolute atomic E-state index is 0.00125. The largest absolute Gasteiger partial charge is 0.318 e. The van der Waals surface area contributed by atoms with Crippen molar-refractivity contribution in [3.63, 3.8) is 0 Å². The zero-order chi connectivity index (χ0) is 15.0. The number of amides is 1. The van der Waals surface area contributed by atoms with Crippen LogP contribution in [0, 0.1) is 5.92 Å². The van der Waals surface area contributed by atoms with E-state index in [0.717, 1.165) is 25.7 Å². The number of aryl methyl sites for hydroxylation is 1. The molecule has 0 spiro atoms. The smallest absolute Gasteiger partial charge is 0.241 e. The van der Waals surface area contributed by atoms with Crippen LogP contribution in [-0.4, -0.2) is 22.9 Å². The van der Waals surface area contributed by atoms with Crippen molar-refractivity contribution in [2.75, 3.05) is 0 Å². The summed E-state index contributed by atoms with van der Waals surface area (Å²) in [7, 11) is 0. The Labute approximate surface area is 127 Å². The molecule has 3 heteroatoms. The van der Waals surface area contributed by atoms with Crippen molar-refractivity contribution in [1.82, 2.24) is 10.2 Å². The van der Waals surface area contributed by atoms with Crippen LogP contribution in [0.25, 0.3) is 0 Å². The molecule has 1 saturated carbocycles. The van der Waals surface area contributed by atoms with Gasteiger partial charge in [0.15, 0.2) is 0 Å². The molecule has 1 amide bonds. The first-order valence-electron chi connectivity index (χ1n) is 8.32. The van der Waals surface area contributed by atoms with E-state index in [2.05, 4.69) is 55.3 Å². The molecule has 2 aliphatic rings. The molecule has 0 radical (unpaired) electrons. The van der Waals surface area contributed by atoms with E-state index in [1.165, 1.54) is 11.1 Å². The van der Waals surface area contributed by atoms with Crippen LogP contribution in [0.15, 0.2) is 24.3 Å². The Morgan fingerprint density at radius 2 is 1.90 bits per heavy atom. The van der Waals surface area contributed by atoms with E-state index in [9.17, 15) is 4.79 Å². The topological polar surface area (TPSA) is 32.3 Å². The first kappa shape index (κ1) is 14.6. The van der Waals surface area contributed by atoms with Crippen LogP contribution in [0.4, 0.5) is 0 Å². The molecule has 0 bridgehead atoms. The maximum absolute atomic E-state index is 12.7. The van der Waals surface area contributed by atoms with E-state index >= 15 is 0 Å². The average Bonchev–Trinajstić information content (AvgIpc) is 3.13. The molecule has 4 unspecified atom stereocenters. The summed E-state index contributed by atoms with van der Waals surface area (Å²) in [4.78, 5) is 14.8. The van der Waals surface area contributed by atoms with Gasteiger partial charge in [-0.1, -0.05) is 51.5 Å². The van der Waals surface area contributed by atoms with Crippen molar-refractivity contribution in [3.8, 4) is 0 Å². The molecule has 1 aliphatic carbocycles. The summed E-state index contributed by atoms with van der Waals surface area (Å²) >= 11 is 0. The van der Waals surface area contributed by atoms with E-state index < -0.39 is 0 Å². The van der Waals surface area contributed by atoms with Crippen LogP contribution < -0.4 is 5.32 Å². The third-order valence-electron chi connectivity index (χ3n) is 4.90. The molecule has 21 heavy (non-hydrogen) atoms. The van der Waals surface area contributed by atoms with E-state index in [0.29, 0.717) is 17.9 Å². The highest BCUT2D eigenvalue weighted by Crippen LogP contribution is 2.42. The van der Waals surface area contributed by atoms with E-state index in [-0.39, 0.29) is 12.2 Å². The van der Waals surface area contributed by atoms with Gasteiger partial charge in [-0.25, -0.2) is 0 Å². The van der Waals surface area contributed by atoms with Gasteiger partial charge in [-0.15, -0.1) is 0 Å². The Bertz CT molecular complexity index is 510. The lowest BCUT2D eigenvalue weighted by atomic mass is 10.1. The monoisotopic (exact) mass is 286 g/mol.